The van der Waals surface area contributed by atoms with Gasteiger partial charge in [0.25, 0.3) is 0 Å². The number of carbonyl (C=O) groups is 2. The van der Waals surface area contributed by atoms with E-state index in [1.165, 1.54) is 4.90 Å². The number of amides is 1. The third kappa shape index (κ3) is 5.77. The van der Waals surface area contributed by atoms with Crippen LogP contribution in [0.5, 0.6) is 0 Å². The lowest BCUT2D eigenvalue weighted by Gasteiger charge is -2.31. The summed E-state index contributed by atoms with van der Waals surface area (Å²) in [7, 11) is 0. The standard InChI is InChI=1S/C18H25NO4/c1-4-6-12-19(16(17(20)21)14(3)5-2)18(22)23-13-15-10-8-7-9-11-15/h4,7-11,14,16H,1,5-6,12-13H2,2-3H3,(H,20,21)/t14-,16-/m0/s1. The average Bonchev–Trinajstić information content (AvgIpc) is 2.56. The summed E-state index contributed by atoms with van der Waals surface area (Å²) >= 11 is 0. The smallest absolute Gasteiger partial charge is 0.410 e. The van der Waals surface area contributed by atoms with E-state index in [0.29, 0.717) is 12.8 Å². The highest BCUT2D eigenvalue weighted by Gasteiger charge is 2.34. The second-order valence-electron chi connectivity index (χ2n) is 5.48. The summed E-state index contributed by atoms with van der Waals surface area (Å²) in [6.45, 7) is 7.75. The minimum Gasteiger partial charge on any atom is -0.480 e. The van der Waals surface area contributed by atoms with Crippen LogP contribution in [0.2, 0.25) is 0 Å². The molecule has 0 radical (unpaired) electrons. The molecule has 1 rings (SSSR count). The van der Waals surface area contributed by atoms with Crippen molar-refractivity contribution in [1.82, 2.24) is 4.90 Å². The van der Waals surface area contributed by atoms with E-state index in [0.717, 1.165) is 5.56 Å². The minimum absolute atomic E-state index is 0.122. The van der Waals surface area contributed by atoms with Gasteiger partial charge < -0.3 is 9.84 Å². The van der Waals surface area contributed by atoms with Gasteiger partial charge in [-0.3, -0.25) is 4.90 Å². The predicted octanol–water partition coefficient (Wildman–Crippen LogP) is 3.70. The van der Waals surface area contributed by atoms with Gasteiger partial charge in [0.2, 0.25) is 0 Å². The predicted molar refractivity (Wildman–Crippen MR) is 89.0 cm³/mol. The fraction of sp³-hybridized carbons (Fsp3) is 0.444. The number of rotatable bonds is 9. The fourth-order valence-corrected chi connectivity index (χ4v) is 2.28. The number of nitrogens with zero attached hydrogens (tertiary/aromatic N) is 1. The molecule has 0 aliphatic rings. The molecule has 1 aromatic carbocycles. The molecule has 0 spiro atoms. The Hall–Kier alpha value is -2.30. The molecule has 0 heterocycles. The van der Waals surface area contributed by atoms with Crippen molar-refractivity contribution in [1.29, 1.82) is 0 Å². The third-order valence-electron chi connectivity index (χ3n) is 3.79. The van der Waals surface area contributed by atoms with Crippen LogP contribution in [0.4, 0.5) is 4.79 Å². The lowest BCUT2D eigenvalue weighted by Crippen LogP contribution is -2.49. The van der Waals surface area contributed by atoms with Crippen LogP contribution in [-0.2, 0) is 16.1 Å². The number of aliphatic carboxylic acids is 1. The first-order valence-corrected chi connectivity index (χ1v) is 7.82. The van der Waals surface area contributed by atoms with Crippen molar-refractivity contribution < 1.29 is 19.4 Å². The maximum Gasteiger partial charge on any atom is 0.410 e. The van der Waals surface area contributed by atoms with Gasteiger partial charge in [-0.1, -0.05) is 56.7 Å². The molecular formula is C18H25NO4. The molecule has 5 heteroatoms. The van der Waals surface area contributed by atoms with Crippen LogP contribution in [0, 0.1) is 5.92 Å². The monoisotopic (exact) mass is 319 g/mol. The molecule has 0 saturated heterocycles. The second kappa shape index (κ2) is 9.66. The summed E-state index contributed by atoms with van der Waals surface area (Å²) in [6, 6.07) is 8.40. The van der Waals surface area contributed by atoms with Crippen LogP contribution < -0.4 is 0 Å². The van der Waals surface area contributed by atoms with Crippen molar-refractivity contribution in [3.8, 4) is 0 Å². The summed E-state index contributed by atoms with van der Waals surface area (Å²) in [6.07, 6.45) is 2.23. The fourth-order valence-electron chi connectivity index (χ4n) is 2.28. The van der Waals surface area contributed by atoms with Crippen LogP contribution in [0.3, 0.4) is 0 Å². The first-order valence-electron chi connectivity index (χ1n) is 7.82. The highest BCUT2D eigenvalue weighted by Crippen LogP contribution is 2.17. The molecule has 0 fully saturated rings. The van der Waals surface area contributed by atoms with Gasteiger partial charge in [-0.2, -0.15) is 0 Å². The van der Waals surface area contributed by atoms with Gasteiger partial charge in [0.1, 0.15) is 12.6 Å². The van der Waals surface area contributed by atoms with E-state index in [1.54, 1.807) is 6.08 Å². The lowest BCUT2D eigenvalue weighted by molar-refractivity contribution is -0.144. The number of carboxylic acids is 1. The summed E-state index contributed by atoms with van der Waals surface area (Å²) < 4.78 is 5.30. The average molecular weight is 319 g/mol. The van der Waals surface area contributed by atoms with Gasteiger partial charge in [0.05, 0.1) is 0 Å². The first-order chi connectivity index (χ1) is 11.0. The maximum atomic E-state index is 12.4. The van der Waals surface area contributed by atoms with E-state index in [2.05, 4.69) is 6.58 Å². The second-order valence-corrected chi connectivity index (χ2v) is 5.48. The number of benzene rings is 1. The summed E-state index contributed by atoms with van der Waals surface area (Å²) in [5.74, 6) is -1.18. The zero-order valence-corrected chi connectivity index (χ0v) is 13.8. The van der Waals surface area contributed by atoms with E-state index in [1.807, 2.05) is 44.2 Å². The molecule has 2 atom stereocenters. The highest BCUT2D eigenvalue weighted by atomic mass is 16.6. The van der Waals surface area contributed by atoms with Gasteiger partial charge in [-0.25, -0.2) is 9.59 Å². The molecule has 0 unspecified atom stereocenters. The molecule has 0 aliphatic carbocycles. The molecule has 0 aliphatic heterocycles. The molecule has 1 amide bonds. The largest absolute Gasteiger partial charge is 0.480 e. The zero-order chi connectivity index (χ0) is 17.2. The molecule has 0 saturated carbocycles. The summed E-state index contributed by atoms with van der Waals surface area (Å²) in [4.78, 5) is 25.3. The molecule has 5 nitrogen and oxygen atoms in total. The Labute approximate surface area is 137 Å². The van der Waals surface area contributed by atoms with Crippen LogP contribution in [0.25, 0.3) is 0 Å². The van der Waals surface area contributed by atoms with Gasteiger partial charge >= 0.3 is 12.1 Å². The molecule has 1 N–H and O–H groups in total. The van der Waals surface area contributed by atoms with Crippen molar-refractivity contribution in [2.24, 2.45) is 5.92 Å². The normalized spacial score (nSPS) is 13.0. The molecule has 1 aromatic rings. The summed E-state index contributed by atoms with van der Waals surface area (Å²) in [5, 5.41) is 9.50. The number of hydrogen-bond acceptors (Lipinski definition) is 3. The zero-order valence-electron chi connectivity index (χ0n) is 13.8. The molecular weight excluding hydrogens is 294 g/mol. The molecule has 0 aromatic heterocycles. The van der Waals surface area contributed by atoms with Gasteiger partial charge in [-0.05, 0) is 17.9 Å². The van der Waals surface area contributed by atoms with E-state index in [9.17, 15) is 14.7 Å². The maximum absolute atomic E-state index is 12.4. The van der Waals surface area contributed by atoms with Crippen LogP contribution in [0.1, 0.15) is 32.3 Å². The number of ether oxygens (including phenoxy) is 1. The summed E-state index contributed by atoms with van der Waals surface area (Å²) in [5.41, 5.74) is 0.861. The Bertz CT molecular complexity index is 515. The van der Waals surface area contributed by atoms with E-state index in [-0.39, 0.29) is 19.1 Å². The van der Waals surface area contributed by atoms with Crippen molar-refractivity contribution >= 4 is 12.1 Å². The highest BCUT2D eigenvalue weighted by molar-refractivity contribution is 5.80. The van der Waals surface area contributed by atoms with Crippen molar-refractivity contribution in [3.05, 3.63) is 48.6 Å². The Balaban J connectivity index is 2.83. The van der Waals surface area contributed by atoms with Crippen molar-refractivity contribution in [2.75, 3.05) is 6.54 Å². The Morgan fingerprint density at radius 1 is 1.35 bits per heavy atom. The molecule has 126 valence electrons. The van der Waals surface area contributed by atoms with E-state index >= 15 is 0 Å². The SMILES string of the molecule is C=CCCN(C(=O)OCc1ccccc1)[C@H](C(=O)O)[C@@H](C)CC. The van der Waals surface area contributed by atoms with E-state index in [4.69, 9.17) is 4.74 Å². The van der Waals surface area contributed by atoms with Crippen LogP contribution in [0.15, 0.2) is 43.0 Å². The Kier molecular flexibility index (Phi) is 7.88. The van der Waals surface area contributed by atoms with Crippen molar-refractivity contribution in [3.63, 3.8) is 0 Å². The Morgan fingerprint density at radius 2 is 2.00 bits per heavy atom. The topological polar surface area (TPSA) is 66.8 Å². The molecule has 0 bridgehead atoms. The van der Waals surface area contributed by atoms with Crippen LogP contribution >= 0.6 is 0 Å². The first kappa shape index (κ1) is 18.7. The van der Waals surface area contributed by atoms with Crippen LogP contribution in [-0.4, -0.2) is 34.7 Å². The number of hydrogen-bond donors (Lipinski definition) is 1. The van der Waals surface area contributed by atoms with Gasteiger partial charge in [-0.15, -0.1) is 6.58 Å². The van der Waals surface area contributed by atoms with E-state index < -0.39 is 18.1 Å². The Morgan fingerprint density at radius 3 is 2.52 bits per heavy atom. The quantitative estimate of drug-likeness (QED) is 0.705. The van der Waals surface area contributed by atoms with Gasteiger partial charge in [0, 0.05) is 6.54 Å². The third-order valence-corrected chi connectivity index (χ3v) is 3.79. The number of carbonyl (C=O) groups excluding carboxylic acids is 1. The number of carboxylic acid groups (broad SMARTS) is 1. The minimum atomic E-state index is -1.01. The van der Waals surface area contributed by atoms with Crippen molar-refractivity contribution in [2.45, 2.75) is 39.3 Å². The molecule has 23 heavy (non-hydrogen) atoms. The lowest BCUT2D eigenvalue weighted by atomic mass is 9.98. The van der Waals surface area contributed by atoms with Gasteiger partial charge in [0.15, 0.2) is 0 Å².